The Morgan fingerprint density at radius 2 is 0.348 bits per heavy atom. The van der Waals surface area contributed by atoms with Crippen molar-refractivity contribution in [3.8, 4) is 0 Å². The summed E-state index contributed by atoms with van der Waals surface area (Å²) in [5.41, 5.74) is 0. The van der Waals surface area contributed by atoms with Crippen molar-refractivity contribution in [3.63, 3.8) is 0 Å². The molecule has 0 unspecified atom stereocenters. The standard InChI is InChI=1S/Al.7HNO2.Ti/c;7*2-1-3;/h;7*(H,2,3);/q+3;;;;;;;;+4/p-7. The minimum atomic E-state index is 0. The van der Waals surface area contributed by atoms with E-state index in [0.717, 1.165) is 37.4 Å². The van der Waals surface area contributed by atoms with Crippen LogP contribution in [0.4, 0.5) is 0 Å². The van der Waals surface area contributed by atoms with E-state index in [2.05, 4.69) is 0 Å². The number of hydrogen-bond donors (Lipinski definition) is 0. The smallest absolute Gasteiger partial charge is 0.444 e. The van der Waals surface area contributed by atoms with Gasteiger partial charge in [-0.05, 0) is 0 Å². The number of hydrogen-bond acceptors (Lipinski definition) is 21. The Morgan fingerprint density at radius 3 is 0.348 bits per heavy atom. The van der Waals surface area contributed by atoms with Crippen molar-refractivity contribution in [2.45, 2.75) is 0 Å². The van der Waals surface area contributed by atoms with Gasteiger partial charge in [-0.2, -0.15) is 0 Å². The molecular weight excluding hydrogens is 397 g/mol. The second-order valence-electron chi connectivity index (χ2n) is 0.522. The molecule has 0 bridgehead atoms. The van der Waals surface area contributed by atoms with Crippen molar-refractivity contribution in [1.82, 2.24) is 0 Å². The quantitative estimate of drug-likeness (QED) is 0.316. The van der Waals surface area contributed by atoms with Crippen LogP contribution in [0.15, 0.2) is 37.4 Å². The Bertz CT molecular complexity index is 143. The summed E-state index contributed by atoms with van der Waals surface area (Å²) in [6.07, 6.45) is 0. The van der Waals surface area contributed by atoms with Gasteiger partial charge in [-0.15, -0.1) is 37.4 Å². The zero-order valence-electron chi connectivity index (χ0n) is 9.92. The topological polar surface area (TPSA) is 367 Å². The van der Waals surface area contributed by atoms with Crippen molar-refractivity contribution in [2.75, 3.05) is 0 Å². The van der Waals surface area contributed by atoms with E-state index in [1.54, 1.807) is 0 Å². The van der Waals surface area contributed by atoms with Crippen LogP contribution < -0.4 is 0 Å². The molecule has 0 radical (unpaired) electrons. The van der Waals surface area contributed by atoms with Gasteiger partial charge in [0.05, 0.1) is 0 Å². The van der Waals surface area contributed by atoms with E-state index in [4.69, 9.17) is 70.8 Å². The molecule has 126 valence electrons. The van der Waals surface area contributed by atoms with Crippen LogP contribution in [0.25, 0.3) is 0 Å². The molecular formula is AlN7O14Ti. The van der Waals surface area contributed by atoms with E-state index in [9.17, 15) is 0 Å². The second-order valence-corrected chi connectivity index (χ2v) is 0.522. The number of nitrogens with zero attached hydrogens (tertiary/aromatic N) is 7. The molecule has 0 rings (SSSR count). The fraction of sp³-hybridized carbons (Fsp3) is 0. The Labute approximate surface area is 147 Å². The predicted octanol–water partition coefficient (Wildman–Crippen LogP) is 1.37. The molecule has 0 heterocycles. The van der Waals surface area contributed by atoms with Gasteiger partial charge in [0.15, 0.2) is 0 Å². The molecule has 0 aromatic carbocycles. The molecule has 0 N–H and O–H groups in total. The van der Waals surface area contributed by atoms with E-state index >= 15 is 0 Å². The summed E-state index contributed by atoms with van der Waals surface area (Å²) >= 11 is 0. The zero-order chi connectivity index (χ0) is 18.9. The third kappa shape index (κ3) is 635. The predicted molar refractivity (Wildman–Crippen MR) is 69.9 cm³/mol. The Morgan fingerprint density at radius 1 is 0.348 bits per heavy atom. The largest absolute Gasteiger partial charge is 4.00 e. The maximum absolute atomic E-state index is 8.00. The summed E-state index contributed by atoms with van der Waals surface area (Å²) in [6, 6.07) is 0. The van der Waals surface area contributed by atoms with Gasteiger partial charge >= 0.3 is 39.1 Å². The fourth-order valence-corrected chi connectivity index (χ4v) is 0. The Hall–Kier alpha value is -2.95. The van der Waals surface area contributed by atoms with Gasteiger partial charge in [0.2, 0.25) is 0 Å². The average molecular weight is 397 g/mol. The Balaban J connectivity index is -0.0000000140. The van der Waals surface area contributed by atoms with Gasteiger partial charge in [0, 0.05) is 0 Å². The molecule has 0 aromatic rings. The number of rotatable bonds is 0. The monoisotopic (exact) mass is 397 g/mol. The first-order valence-corrected chi connectivity index (χ1v) is 2.56. The normalized spacial score (nSPS) is 3.65. The van der Waals surface area contributed by atoms with Crippen molar-refractivity contribution in [3.05, 3.63) is 70.8 Å². The van der Waals surface area contributed by atoms with Crippen LogP contribution in [-0.2, 0) is 21.7 Å². The van der Waals surface area contributed by atoms with Gasteiger partial charge in [0.1, 0.15) is 0 Å². The van der Waals surface area contributed by atoms with E-state index in [1.807, 2.05) is 0 Å². The fourth-order valence-electron chi connectivity index (χ4n) is 0. The summed E-state index contributed by atoms with van der Waals surface area (Å²) in [6.45, 7) is 0. The summed E-state index contributed by atoms with van der Waals surface area (Å²) in [7, 11) is 0. The molecule has 0 fully saturated rings. The van der Waals surface area contributed by atoms with Crippen LogP contribution in [0.3, 0.4) is 0 Å². The van der Waals surface area contributed by atoms with Crippen molar-refractivity contribution in [1.29, 1.82) is 0 Å². The molecule has 0 aromatic heterocycles. The average Bonchev–Trinajstić information content (AvgIpc) is 2.35. The van der Waals surface area contributed by atoms with Crippen LogP contribution in [-0.4, -0.2) is 17.4 Å². The van der Waals surface area contributed by atoms with Gasteiger partial charge in [-0.3, -0.25) is 0 Å². The molecule has 0 saturated carbocycles. The molecule has 0 atom stereocenters. The maximum Gasteiger partial charge on any atom is 4.00 e. The van der Waals surface area contributed by atoms with Gasteiger partial charge in [-0.1, -0.05) is 0 Å². The van der Waals surface area contributed by atoms with Gasteiger partial charge < -0.3 is 70.8 Å². The van der Waals surface area contributed by atoms with E-state index in [1.165, 1.54) is 0 Å². The molecule has 21 nitrogen and oxygen atoms in total. The first kappa shape index (κ1) is 59.6. The van der Waals surface area contributed by atoms with E-state index in [-0.39, 0.29) is 39.1 Å². The summed E-state index contributed by atoms with van der Waals surface area (Å²) in [5.74, 6) is 0. The molecule has 23 heteroatoms. The van der Waals surface area contributed by atoms with Crippen molar-refractivity contribution >= 4 is 17.4 Å². The zero-order valence-corrected chi connectivity index (χ0v) is 12.6. The van der Waals surface area contributed by atoms with Crippen LogP contribution >= 0.6 is 0 Å². The van der Waals surface area contributed by atoms with Crippen molar-refractivity contribution in [2.24, 2.45) is 37.4 Å². The van der Waals surface area contributed by atoms with Crippen LogP contribution in [0.1, 0.15) is 0 Å². The minimum Gasteiger partial charge on any atom is -0.444 e. The van der Waals surface area contributed by atoms with Crippen molar-refractivity contribution < 1.29 is 21.7 Å². The maximum atomic E-state index is 8.00. The molecule has 0 saturated heterocycles. The van der Waals surface area contributed by atoms with Gasteiger partial charge in [-0.25, -0.2) is 0 Å². The third-order valence-electron chi connectivity index (χ3n) is 0. The molecule has 0 aliphatic carbocycles. The molecule has 23 heavy (non-hydrogen) atoms. The SMILES string of the molecule is O=N[O-].O=N[O-].O=N[O-].O=N[O-].O=N[O-].O=N[O-].O=N[O-].[Al+3].[Ti+4]. The van der Waals surface area contributed by atoms with E-state index < -0.39 is 0 Å². The first-order chi connectivity index (χ1) is 9.90. The van der Waals surface area contributed by atoms with Crippen LogP contribution in [0.5, 0.6) is 0 Å². The molecule has 0 amide bonds. The molecule has 0 aliphatic rings. The first-order valence-electron chi connectivity index (χ1n) is 2.56. The summed E-state index contributed by atoms with van der Waals surface area (Å²) < 4.78 is 0. The van der Waals surface area contributed by atoms with Crippen LogP contribution in [0, 0.1) is 70.8 Å². The Kier molecular flexibility index (Phi) is 982. The van der Waals surface area contributed by atoms with E-state index in [0.29, 0.717) is 0 Å². The van der Waals surface area contributed by atoms with Gasteiger partial charge in [0.25, 0.3) is 0 Å². The third-order valence-corrected chi connectivity index (χ3v) is 0. The van der Waals surface area contributed by atoms with Crippen LogP contribution in [0.2, 0.25) is 0 Å². The summed E-state index contributed by atoms with van der Waals surface area (Å²) in [4.78, 5) is 56.0. The minimum absolute atomic E-state index is 0. The molecule has 0 spiro atoms. The molecule has 0 aliphatic heterocycles. The second kappa shape index (κ2) is 379. The summed E-state index contributed by atoms with van der Waals surface area (Å²) in [5, 5.41) is 63.0.